The predicted octanol–water partition coefficient (Wildman–Crippen LogP) is 5.13. The first-order valence-electron chi connectivity index (χ1n) is 13.2. The van der Waals surface area contributed by atoms with Crippen molar-refractivity contribution in [2.75, 3.05) is 20.8 Å². The van der Waals surface area contributed by atoms with Gasteiger partial charge in [0.15, 0.2) is 0 Å². The third-order valence-corrected chi connectivity index (χ3v) is 7.52. The molecule has 3 rings (SSSR count). The fourth-order valence-electron chi connectivity index (χ4n) is 4.05. The maximum absolute atomic E-state index is 12.8. The van der Waals surface area contributed by atoms with Crippen molar-refractivity contribution in [2.24, 2.45) is 0 Å². The zero-order valence-electron chi connectivity index (χ0n) is 22.6. The highest BCUT2D eigenvalue weighted by Crippen LogP contribution is 2.22. The molecule has 0 fully saturated rings. The number of aliphatic carboxylic acids is 1. The van der Waals surface area contributed by atoms with Gasteiger partial charge >= 0.3 is 0 Å². The second-order valence-electron chi connectivity index (χ2n) is 9.08. The topological polar surface area (TPSA) is 97.8 Å². The molecule has 8 heteroatoms. The summed E-state index contributed by atoms with van der Waals surface area (Å²) >= 11 is 0. The monoisotopic (exact) mass is 550 g/mol. The second kappa shape index (κ2) is 16.3. The Morgan fingerprint density at radius 3 is 2.33 bits per heavy atom. The molecule has 3 aromatic rings. The summed E-state index contributed by atoms with van der Waals surface area (Å²) in [5.41, 5.74) is 2.27. The number of rotatable bonds is 17. The van der Waals surface area contributed by atoms with Crippen molar-refractivity contribution >= 4 is 22.8 Å². The van der Waals surface area contributed by atoms with Crippen molar-refractivity contribution in [1.82, 2.24) is 4.98 Å². The lowest BCUT2D eigenvalue weighted by Crippen LogP contribution is -2.18. The van der Waals surface area contributed by atoms with E-state index in [1.165, 1.54) is 24.5 Å². The number of aromatic nitrogens is 1. The summed E-state index contributed by atoms with van der Waals surface area (Å²) in [6, 6.07) is 18.8. The summed E-state index contributed by atoms with van der Waals surface area (Å²) in [5.74, 6) is 0.861. The molecule has 2 aromatic carbocycles. The van der Waals surface area contributed by atoms with Crippen LogP contribution in [0.4, 0.5) is 0 Å². The van der Waals surface area contributed by atoms with Crippen molar-refractivity contribution in [3.05, 3.63) is 83.7 Å². The minimum atomic E-state index is -1.34. The van der Waals surface area contributed by atoms with Crippen LogP contribution in [-0.4, -0.2) is 36.0 Å². The summed E-state index contributed by atoms with van der Waals surface area (Å²) in [5, 5.41) is 11.0. The van der Waals surface area contributed by atoms with Gasteiger partial charge < -0.3 is 24.1 Å². The number of unbranched alkanes of at least 4 members (excludes halogenated alkanes) is 5. The van der Waals surface area contributed by atoms with E-state index in [0.717, 1.165) is 43.9 Å². The number of benzene rings is 2. The molecule has 0 bridgehead atoms. The molecule has 0 aliphatic heterocycles. The Morgan fingerprint density at radius 1 is 0.897 bits per heavy atom. The van der Waals surface area contributed by atoms with Gasteiger partial charge in [-0.25, -0.2) is 4.98 Å². The number of carboxylic acids is 1. The van der Waals surface area contributed by atoms with E-state index in [2.05, 4.69) is 17.1 Å². The van der Waals surface area contributed by atoms with Crippen LogP contribution in [0.25, 0.3) is 6.08 Å². The number of hydrogen-bond acceptors (Lipinski definition) is 7. The zero-order chi connectivity index (χ0) is 27.9. The lowest BCUT2D eigenvalue weighted by atomic mass is 10.0. The minimum absolute atomic E-state index is 0.179. The van der Waals surface area contributed by atoms with Gasteiger partial charge in [0, 0.05) is 4.90 Å². The van der Waals surface area contributed by atoms with Gasteiger partial charge in [-0.2, -0.15) is 0 Å². The first-order chi connectivity index (χ1) is 19.0. The molecule has 7 nitrogen and oxygen atoms in total. The molecular weight excluding hydrogens is 514 g/mol. The summed E-state index contributed by atoms with van der Waals surface area (Å²) in [6.07, 6.45) is 9.96. The van der Waals surface area contributed by atoms with E-state index in [4.69, 9.17) is 14.2 Å². The van der Waals surface area contributed by atoms with Crippen LogP contribution in [0, 0.1) is 0 Å². The quantitative estimate of drug-likeness (QED) is 0.170. The van der Waals surface area contributed by atoms with E-state index < -0.39 is 16.8 Å². The van der Waals surface area contributed by atoms with Gasteiger partial charge in [-0.3, -0.25) is 4.21 Å². The molecule has 0 aliphatic rings. The largest absolute Gasteiger partial charge is 0.545 e. The number of pyridine rings is 1. The molecule has 208 valence electrons. The molecular formula is C31H36NO6S-. The zero-order valence-corrected chi connectivity index (χ0v) is 23.4. The maximum Gasteiger partial charge on any atom is 0.144 e. The average molecular weight is 551 g/mol. The van der Waals surface area contributed by atoms with Gasteiger partial charge in [0.25, 0.3) is 0 Å². The van der Waals surface area contributed by atoms with E-state index in [0.29, 0.717) is 34.4 Å². The van der Waals surface area contributed by atoms with Crippen molar-refractivity contribution in [3.63, 3.8) is 0 Å². The van der Waals surface area contributed by atoms with E-state index in [1.54, 1.807) is 50.6 Å². The highest BCUT2D eigenvalue weighted by atomic mass is 32.2. The molecule has 39 heavy (non-hydrogen) atoms. The third-order valence-electron chi connectivity index (χ3n) is 6.18. The number of carboxylic acid groups (broad SMARTS) is 1. The van der Waals surface area contributed by atoms with Crippen molar-refractivity contribution in [3.8, 4) is 17.2 Å². The van der Waals surface area contributed by atoms with Gasteiger partial charge in [-0.15, -0.1) is 0 Å². The number of carbonyl (C=O) groups excluding carboxylic acids is 1. The van der Waals surface area contributed by atoms with Crippen LogP contribution in [0.3, 0.4) is 0 Å². The molecule has 0 saturated carbocycles. The van der Waals surface area contributed by atoms with Gasteiger partial charge in [-0.05, 0) is 79.4 Å². The SMILES string of the molecule is COc1ccc(CCCCCCCCOc2ccc(CS(=O)c3cccc(OC)c3)nc2/C=C/C(=O)[O-])cc1. The Hall–Kier alpha value is -3.65. The van der Waals surface area contributed by atoms with Crippen molar-refractivity contribution in [2.45, 2.75) is 55.6 Å². The van der Waals surface area contributed by atoms with Crippen LogP contribution >= 0.6 is 0 Å². The van der Waals surface area contributed by atoms with E-state index in [-0.39, 0.29) is 5.75 Å². The smallest absolute Gasteiger partial charge is 0.144 e. The summed E-state index contributed by atoms with van der Waals surface area (Å²) in [6.45, 7) is 0.509. The van der Waals surface area contributed by atoms with Crippen LogP contribution < -0.4 is 19.3 Å². The predicted molar refractivity (Wildman–Crippen MR) is 151 cm³/mol. The maximum atomic E-state index is 12.8. The summed E-state index contributed by atoms with van der Waals surface area (Å²) in [4.78, 5) is 16.1. The van der Waals surface area contributed by atoms with Crippen LogP contribution in [0.1, 0.15) is 55.5 Å². The molecule has 0 radical (unpaired) electrons. The number of carbonyl (C=O) groups is 1. The van der Waals surface area contributed by atoms with Crippen molar-refractivity contribution in [1.29, 1.82) is 0 Å². The number of ether oxygens (including phenoxy) is 3. The molecule has 0 N–H and O–H groups in total. The standard InChI is InChI=1S/C31H37NO6S/c1-36-26-16-13-24(14-17-26)10-7-5-3-4-6-8-21-38-30-19-15-25(32-29(30)18-20-31(33)34)23-39(35)28-12-9-11-27(22-28)37-2/h9,11-20,22H,3-8,10,21,23H2,1-2H3,(H,33,34)/p-1/b20-18+. The Labute approximate surface area is 233 Å². The average Bonchev–Trinajstić information content (AvgIpc) is 2.96. The fourth-order valence-corrected chi connectivity index (χ4v) is 5.12. The molecule has 0 aliphatic carbocycles. The lowest BCUT2D eigenvalue weighted by Gasteiger charge is -2.11. The summed E-state index contributed by atoms with van der Waals surface area (Å²) < 4.78 is 29.2. The van der Waals surface area contributed by atoms with E-state index in [1.807, 2.05) is 12.1 Å². The van der Waals surface area contributed by atoms with Crippen LogP contribution in [0.15, 0.2) is 71.6 Å². The summed E-state index contributed by atoms with van der Waals surface area (Å²) in [7, 11) is 1.90. The van der Waals surface area contributed by atoms with Crippen LogP contribution in [0.2, 0.25) is 0 Å². The molecule has 1 unspecified atom stereocenters. The Balaban J connectivity index is 1.43. The molecule has 0 spiro atoms. The molecule has 0 amide bonds. The van der Waals surface area contributed by atoms with Gasteiger partial charge in [0.2, 0.25) is 0 Å². The highest BCUT2D eigenvalue weighted by molar-refractivity contribution is 7.84. The highest BCUT2D eigenvalue weighted by Gasteiger charge is 2.11. The number of methoxy groups -OCH3 is 2. The van der Waals surface area contributed by atoms with Gasteiger partial charge in [0.05, 0.1) is 49.0 Å². The number of hydrogen-bond donors (Lipinski definition) is 0. The lowest BCUT2D eigenvalue weighted by molar-refractivity contribution is -0.297. The fraction of sp³-hybridized carbons (Fsp3) is 0.355. The van der Waals surface area contributed by atoms with Gasteiger partial charge in [0.1, 0.15) is 22.9 Å². The first-order valence-corrected chi connectivity index (χ1v) is 14.5. The normalized spacial score (nSPS) is 11.8. The van der Waals surface area contributed by atoms with Crippen LogP contribution in [-0.2, 0) is 27.8 Å². The Morgan fingerprint density at radius 2 is 1.62 bits per heavy atom. The van der Waals surface area contributed by atoms with Gasteiger partial charge in [-0.1, -0.05) is 43.9 Å². The van der Waals surface area contributed by atoms with Crippen LogP contribution in [0.5, 0.6) is 17.2 Å². The minimum Gasteiger partial charge on any atom is -0.545 e. The Kier molecular flexibility index (Phi) is 12.5. The molecule has 0 saturated heterocycles. The van der Waals surface area contributed by atoms with E-state index >= 15 is 0 Å². The molecule has 1 heterocycles. The van der Waals surface area contributed by atoms with E-state index in [9.17, 15) is 14.1 Å². The molecule has 1 atom stereocenters. The molecule has 1 aromatic heterocycles. The second-order valence-corrected chi connectivity index (χ2v) is 10.5. The number of nitrogens with zero attached hydrogens (tertiary/aromatic N) is 1. The third kappa shape index (κ3) is 10.6. The van der Waals surface area contributed by atoms with Crippen molar-refractivity contribution < 1.29 is 28.3 Å². The number of aryl methyl sites for hydroxylation is 1. The Bertz CT molecular complexity index is 1240. The first kappa shape index (κ1) is 29.9.